The van der Waals surface area contributed by atoms with Crippen LogP contribution in [-0.2, 0) is 0 Å². The summed E-state index contributed by atoms with van der Waals surface area (Å²) in [7, 11) is 0. The monoisotopic (exact) mass is 439 g/mol. The number of nitrogens with one attached hydrogen (secondary N) is 1. The third-order valence-corrected chi connectivity index (χ3v) is 7.17. The van der Waals surface area contributed by atoms with Gasteiger partial charge in [0.25, 0.3) is 0 Å². The van der Waals surface area contributed by atoms with E-state index in [0.717, 1.165) is 18.7 Å². The lowest BCUT2D eigenvalue weighted by molar-refractivity contribution is 0.666. The van der Waals surface area contributed by atoms with E-state index in [1.807, 2.05) is 30.2 Å². The molecule has 0 amide bonds. The molecule has 1 N–H and O–H groups in total. The van der Waals surface area contributed by atoms with Crippen LogP contribution in [0.2, 0.25) is 0 Å². The van der Waals surface area contributed by atoms with Crippen LogP contribution in [-0.4, -0.2) is 18.1 Å². The van der Waals surface area contributed by atoms with Crippen molar-refractivity contribution in [3.05, 3.63) is 84.8 Å². The number of hydrogen-bond acceptors (Lipinski definition) is 4. The Morgan fingerprint density at radius 2 is 1.75 bits per heavy atom. The molecule has 3 nitrogen and oxygen atoms in total. The Morgan fingerprint density at radius 1 is 0.938 bits per heavy atom. The summed E-state index contributed by atoms with van der Waals surface area (Å²) in [6.45, 7) is 4.22. The highest BCUT2D eigenvalue weighted by Gasteiger charge is 2.24. The maximum Gasteiger partial charge on any atom is 0.0553 e. The molecule has 0 bridgehead atoms. The first-order valence-electron chi connectivity index (χ1n) is 11.6. The second kappa shape index (κ2) is 9.66. The number of fused-ring (bicyclic) bond motifs is 2. The van der Waals surface area contributed by atoms with Gasteiger partial charge in [0.05, 0.1) is 11.4 Å². The number of benzene rings is 2. The van der Waals surface area contributed by atoms with Crippen LogP contribution >= 0.6 is 11.8 Å². The quantitative estimate of drug-likeness (QED) is 0.387. The number of anilines is 2. The molecule has 2 aliphatic rings. The molecule has 0 aliphatic carbocycles. The Balaban J connectivity index is 1.52. The van der Waals surface area contributed by atoms with Crippen LogP contribution in [0, 0.1) is 0 Å². The van der Waals surface area contributed by atoms with Crippen LogP contribution in [0.5, 0.6) is 0 Å². The summed E-state index contributed by atoms with van der Waals surface area (Å²) >= 11 is 1.88. The summed E-state index contributed by atoms with van der Waals surface area (Å²) in [5.41, 5.74) is 7.52. The highest BCUT2D eigenvalue weighted by atomic mass is 32.2. The van der Waals surface area contributed by atoms with Gasteiger partial charge in [-0.3, -0.25) is 4.98 Å². The van der Waals surface area contributed by atoms with E-state index >= 15 is 0 Å². The molecule has 0 saturated heterocycles. The first kappa shape index (κ1) is 20.9. The van der Waals surface area contributed by atoms with Gasteiger partial charge in [-0.15, -0.1) is 0 Å². The van der Waals surface area contributed by atoms with Gasteiger partial charge in [0, 0.05) is 47.0 Å². The van der Waals surface area contributed by atoms with E-state index in [1.165, 1.54) is 63.5 Å². The minimum atomic E-state index is 0.902. The Kier molecular flexibility index (Phi) is 6.31. The number of hydrogen-bond donors (Lipinski definition) is 1. The zero-order chi connectivity index (χ0) is 21.8. The smallest absolute Gasteiger partial charge is 0.0553 e. The summed E-state index contributed by atoms with van der Waals surface area (Å²) in [4.78, 5) is 9.48. The predicted molar refractivity (Wildman–Crippen MR) is 137 cm³/mol. The number of allylic oxidation sites excluding steroid dienone is 2. The van der Waals surface area contributed by atoms with Gasteiger partial charge in [-0.1, -0.05) is 68.3 Å². The van der Waals surface area contributed by atoms with E-state index in [9.17, 15) is 0 Å². The summed E-state index contributed by atoms with van der Waals surface area (Å²) in [5.74, 6) is 0. The van der Waals surface area contributed by atoms with Gasteiger partial charge in [0.15, 0.2) is 0 Å². The lowest BCUT2D eigenvalue weighted by atomic mass is 10.0. The minimum Gasteiger partial charge on any atom is -0.387 e. The zero-order valence-corrected chi connectivity index (χ0v) is 19.4. The molecule has 2 aliphatic heterocycles. The first-order valence-corrected chi connectivity index (χ1v) is 12.4. The highest BCUT2D eigenvalue weighted by molar-refractivity contribution is 7.99. The molecule has 32 heavy (non-hydrogen) atoms. The van der Waals surface area contributed by atoms with Crippen LogP contribution in [0.3, 0.4) is 0 Å². The summed E-state index contributed by atoms with van der Waals surface area (Å²) < 4.78 is 0. The average Bonchev–Trinajstić information content (AvgIpc) is 2.86. The third kappa shape index (κ3) is 4.33. The Labute approximate surface area is 195 Å². The maximum absolute atomic E-state index is 4.31. The van der Waals surface area contributed by atoms with Gasteiger partial charge in [0.2, 0.25) is 0 Å². The van der Waals surface area contributed by atoms with Crippen LogP contribution < -0.4 is 10.2 Å². The molecule has 4 heteroatoms. The molecule has 3 aromatic rings. The number of pyridine rings is 1. The van der Waals surface area contributed by atoms with Gasteiger partial charge in [-0.25, -0.2) is 0 Å². The highest BCUT2D eigenvalue weighted by Crippen LogP contribution is 2.50. The lowest BCUT2D eigenvalue weighted by Gasteiger charge is -2.33. The van der Waals surface area contributed by atoms with Crippen molar-refractivity contribution in [2.75, 3.05) is 18.0 Å². The number of aromatic nitrogens is 1. The Morgan fingerprint density at radius 3 is 2.47 bits per heavy atom. The molecular weight excluding hydrogens is 410 g/mol. The van der Waals surface area contributed by atoms with Crippen molar-refractivity contribution in [1.29, 1.82) is 0 Å². The van der Waals surface area contributed by atoms with Gasteiger partial charge >= 0.3 is 0 Å². The fourth-order valence-electron chi connectivity index (χ4n) is 4.37. The summed E-state index contributed by atoms with van der Waals surface area (Å²) in [5, 5.41) is 3.33. The molecule has 0 spiro atoms. The second-order valence-corrected chi connectivity index (χ2v) is 9.42. The molecule has 2 aromatic carbocycles. The number of dihydropyridines is 1. The van der Waals surface area contributed by atoms with E-state index in [1.54, 1.807) is 0 Å². The summed E-state index contributed by atoms with van der Waals surface area (Å²) in [6, 6.07) is 17.9. The zero-order valence-electron chi connectivity index (χ0n) is 18.6. The maximum atomic E-state index is 4.31. The van der Waals surface area contributed by atoms with Crippen molar-refractivity contribution in [2.45, 2.75) is 42.4 Å². The molecule has 0 radical (unpaired) electrons. The molecule has 0 unspecified atom stereocenters. The fraction of sp³-hybridized carbons (Fsp3) is 0.250. The van der Waals surface area contributed by atoms with E-state index < -0.39 is 0 Å². The number of rotatable bonds is 7. The SMILES string of the molecule is CCCCCCN1c2ccc(C3=CNCC=C3)cc2Sc2cc(-c3cccnc3)ccc21. The molecule has 1 aromatic heterocycles. The predicted octanol–water partition coefficient (Wildman–Crippen LogP) is 7.43. The average molecular weight is 440 g/mol. The third-order valence-electron chi connectivity index (χ3n) is 6.08. The minimum absolute atomic E-state index is 0.902. The number of unbranched alkanes of at least 4 members (excludes halogenated alkanes) is 3. The topological polar surface area (TPSA) is 28.2 Å². The Hall–Kier alpha value is -2.98. The van der Waals surface area contributed by atoms with Gasteiger partial charge in [0.1, 0.15) is 0 Å². The van der Waals surface area contributed by atoms with Crippen molar-refractivity contribution in [3.8, 4) is 11.1 Å². The van der Waals surface area contributed by atoms with Crippen LogP contribution in [0.4, 0.5) is 11.4 Å². The molecule has 5 rings (SSSR count). The molecule has 0 atom stereocenters. The van der Waals surface area contributed by atoms with Gasteiger partial charge in [-0.05, 0) is 53.5 Å². The van der Waals surface area contributed by atoms with E-state index in [4.69, 9.17) is 0 Å². The number of nitrogens with zero attached hydrogens (tertiary/aromatic N) is 2. The van der Waals surface area contributed by atoms with Gasteiger partial charge < -0.3 is 10.2 Å². The molecule has 0 saturated carbocycles. The first-order chi connectivity index (χ1) is 15.8. The van der Waals surface area contributed by atoms with Crippen LogP contribution in [0.1, 0.15) is 38.2 Å². The van der Waals surface area contributed by atoms with Crippen molar-refractivity contribution in [1.82, 2.24) is 10.3 Å². The van der Waals surface area contributed by atoms with Crippen molar-refractivity contribution in [2.24, 2.45) is 0 Å². The van der Waals surface area contributed by atoms with Crippen LogP contribution in [0.25, 0.3) is 16.7 Å². The molecule has 0 fully saturated rings. The van der Waals surface area contributed by atoms with Crippen molar-refractivity contribution < 1.29 is 0 Å². The molecule has 3 heterocycles. The van der Waals surface area contributed by atoms with E-state index in [0.29, 0.717) is 0 Å². The molecular formula is C28H29N3S. The largest absolute Gasteiger partial charge is 0.387 e. The lowest BCUT2D eigenvalue weighted by Crippen LogP contribution is -2.22. The van der Waals surface area contributed by atoms with Crippen molar-refractivity contribution >= 4 is 28.7 Å². The second-order valence-electron chi connectivity index (χ2n) is 8.33. The normalized spacial score (nSPS) is 14.4. The standard InChI is InChI=1S/C28H29N3S/c1-2-3-4-5-16-31-25-12-10-21(23-8-6-14-29-19-23)17-27(25)32-28-18-22(11-13-26(28)31)24-9-7-15-30-20-24/h6-14,17-20,30H,2-5,15-16H2,1H3. The van der Waals surface area contributed by atoms with E-state index in [2.05, 4.69) is 82.9 Å². The van der Waals surface area contributed by atoms with E-state index in [-0.39, 0.29) is 0 Å². The Bertz CT molecular complexity index is 1150. The summed E-state index contributed by atoms with van der Waals surface area (Å²) in [6.07, 6.45) is 15.3. The molecule has 162 valence electrons. The van der Waals surface area contributed by atoms with Crippen molar-refractivity contribution in [3.63, 3.8) is 0 Å². The fourth-order valence-corrected chi connectivity index (χ4v) is 5.54. The van der Waals surface area contributed by atoms with Crippen LogP contribution in [0.15, 0.2) is 89.1 Å². The van der Waals surface area contributed by atoms with Gasteiger partial charge in [-0.2, -0.15) is 0 Å².